The number of amides is 1. The van der Waals surface area contributed by atoms with E-state index in [1.54, 1.807) is 0 Å². The first-order chi connectivity index (χ1) is 26.5. The van der Waals surface area contributed by atoms with Crippen LogP contribution in [-0.2, 0) is 19.1 Å². The number of hydrogen-bond acceptors (Lipinski definition) is 4. The molecule has 6 heteroatoms. The fraction of sp³-hybridized carbons (Fsp3) is 0.729. The highest BCUT2D eigenvalue weighted by atomic mass is 16.5. The molecule has 6 nitrogen and oxygen atoms in total. The Morgan fingerprint density at radius 3 is 1.48 bits per heavy atom. The summed E-state index contributed by atoms with van der Waals surface area (Å²) < 4.78 is 5.87. The standard InChI is InChI=1S/C48H83NO5/c1-3-5-7-9-11-13-15-16-17-18-19-20-21-22-23-24-25-26-28-30-32-34-39-43-48(53)54-45(41-37-35-38-42-46(50)49-44-47(51)52)40-36-33-31-29-27-14-12-10-8-6-4-2/h6,8,12,14,18-19,29,31,36,40,45H,3-5,7,9-11,13,15-17,20-28,30,32-35,37-39,41-44H2,1-2H3,(H,49,50)(H,51,52)/b8-6-,14-12-,19-18-,31-29-,40-36-. The molecule has 0 saturated carbocycles. The largest absolute Gasteiger partial charge is 0.480 e. The highest BCUT2D eigenvalue weighted by Gasteiger charge is 2.12. The number of ether oxygens (including phenoxy) is 1. The summed E-state index contributed by atoms with van der Waals surface area (Å²) in [6, 6.07) is 0. The van der Waals surface area contributed by atoms with Crippen LogP contribution < -0.4 is 5.32 Å². The maximum absolute atomic E-state index is 12.7. The maximum Gasteiger partial charge on any atom is 0.322 e. The number of carboxylic acid groups (broad SMARTS) is 1. The van der Waals surface area contributed by atoms with Crippen molar-refractivity contribution in [3.8, 4) is 0 Å². The van der Waals surface area contributed by atoms with Gasteiger partial charge in [0.1, 0.15) is 12.6 Å². The fourth-order valence-corrected chi connectivity index (χ4v) is 6.36. The molecule has 0 bridgehead atoms. The van der Waals surface area contributed by atoms with Crippen LogP contribution in [0.1, 0.15) is 213 Å². The average molecular weight is 754 g/mol. The van der Waals surface area contributed by atoms with Crippen LogP contribution in [-0.4, -0.2) is 35.6 Å². The third kappa shape index (κ3) is 41.9. The van der Waals surface area contributed by atoms with Crippen molar-refractivity contribution in [1.82, 2.24) is 5.32 Å². The molecule has 0 aromatic rings. The molecule has 0 saturated heterocycles. The van der Waals surface area contributed by atoms with E-state index in [2.05, 4.69) is 73.8 Å². The molecule has 0 fully saturated rings. The molecular weight excluding hydrogens is 671 g/mol. The number of carbonyl (C=O) groups is 3. The minimum Gasteiger partial charge on any atom is -0.480 e. The molecule has 1 atom stereocenters. The summed E-state index contributed by atoms with van der Waals surface area (Å²) in [5.41, 5.74) is 0. The highest BCUT2D eigenvalue weighted by molar-refractivity contribution is 5.80. The van der Waals surface area contributed by atoms with E-state index in [1.807, 2.05) is 6.08 Å². The van der Waals surface area contributed by atoms with Crippen molar-refractivity contribution in [3.63, 3.8) is 0 Å². The van der Waals surface area contributed by atoms with E-state index in [1.165, 1.54) is 122 Å². The summed E-state index contributed by atoms with van der Waals surface area (Å²) >= 11 is 0. The van der Waals surface area contributed by atoms with E-state index in [0.717, 1.165) is 51.4 Å². The minimum atomic E-state index is -1.04. The number of aliphatic carboxylic acids is 1. The van der Waals surface area contributed by atoms with Gasteiger partial charge < -0.3 is 15.2 Å². The van der Waals surface area contributed by atoms with Gasteiger partial charge in [-0.15, -0.1) is 0 Å². The zero-order chi connectivity index (χ0) is 39.4. The Morgan fingerprint density at radius 1 is 0.519 bits per heavy atom. The van der Waals surface area contributed by atoms with Gasteiger partial charge in [-0.25, -0.2) is 0 Å². The number of esters is 1. The quantitative estimate of drug-likeness (QED) is 0.0369. The van der Waals surface area contributed by atoms with Crippen LogP contribution in [0.25, 0.3) is 0 Å². The highest BCUT2D eigenvalue weighted by Crippen LogP contribution is 2.16. The van der Waals surface area contributed by atoms with Gasteiger partial charge in [-0.3, -0.25) is 14.4 Å². The van der Waals surface area contributed by atoms with Crippen molar-refractivity contribution in [2.75, 3.05) is 6.54 Å². The van der Waals surface area contributed by atoms with Gasteiger partial charge in [0.2, 0.25) is 5.91 Å². The number of hydrogen-bond donors (Lipinski definition) is 2. The van der Waals surface area contributed by atoms with Gasteiger partial charge in [0.25, 0.3) is 0 Å². The zero-order valence-corrected chi connectivity index (χ0v) is 35.1. The van der Waals surface area contributed by atoms with E-state index in [9.17, 15) is 14.4 Å². The van der Waals surface area contributed by atoms with Crippen molar-refractivity contribution in [1.29, 1.82) is 0 Å². The average Bonchev–Trinajstić information content (AvgIpc) is 3.16. The summed E-state index contributed by atoms with van der Waals surface area (Å²) in [5, 5.41) is 11.1. The van der Waals surface area contributed by atoms with Gasteiger partial charge in [0, 0.05) is 12.8 Å². The minimum absolute atomic E-state index is 0.130. The normalized spacial score (nSPS) is 12.6. The Labute approximate surface area is 332 Å². The van der Waals surface area contributed by atoms with Crippen LogP contribution in [0.4, 0.5) is 0 Å². The van der Waals surface area contributed by atoms with Crippen LogP contribution in [0.3, 0.4) is 0 Å². The molecule has 0 aliphatic carbocycles. The second kappa shape index (κ2) is 42.8. The number of rotatable bonds is 40. The first-order valence-electron chi connectivity index (χ1n) is 22.4. The predicted molar refractivity (Wildman–Crippen MR) is 231 cm³/mol. The zero-order valence-electron chi connectivity index (χ0n) is 35.1. The predicted octanol–water partition coefficient (Wildman–Crippen LogP) is 14.0. The molecule has 0 spiro atoms. The molecule has 0 aromatic carbocycles. The Morgan fingerprint density at radius 2 is 0.963 bits per heavy atom. The van der Waals surface area contributed by atoms with Crippen LogP contribution >= 0.6 is 0 Å². The molecule has 1 amide bonds. The van der Waals surface area contributed by atoms with E-state index in [0.29, 0.717) is 25.7 Å². The fourth-order valence-electron chi connectivity index (χ4n) is 6.36. The maximum atomic E-state index is 12.7. The Bertz CT molecular complexity index is 1010. The van der Waals surface area contributed by atoms with Gasteiger partial charge >= 0.3 is 11.9 Å². The van der Waals surface area contributed by atoms with E-state index in [-0.39, 0.29) is 24.5 Å². The third-order valence-electron chi connectivity index (χ3n) is 9.66. The van der Waals surface area contributed by atoms with Crippen molar-refractivity contribution in [2.24, 2.45) is 0 Å². The summed E-state index contributed by atoms with van der Waals surface area (Å²) in [7, 11) is 0. The summed E-state index contributed by atoms with van der Waals surface area (Å²) in [4.78, 5) is 35.1. The van der Waals surface area contributed by atoms with Crippen molar-refractivity contribution >= 4 is 17.8 Å². The van der Waals surface area contributed by atoms with Crippen LogP contribution in [0, 0.1) is 0 Å². The number of nitrogens with one attached hydrogen (secondary N) is 1. The first kappa shape index (κ1) is 51.1. The van der Waals surface area contributed by atoms with Gasteiger partial charge in [-0.05, 0) is 83.1 Å². The van der Waals surface area contributed by atoms with Gasteiger partial charge in [-0.1, -0.05) is 178 Å². The lowest BCUT2D eigenvalue weighted by Crippen LogP contribution is -2.28. The summed E-state index contributed by atoms with van der Waals surface area (Å²) in [6.45, 7) is 4.07. The van der Waals surface area contributed by atoms with Gasteiger partial charge in [-0.2, -0.15) is 0 Å². The second-order valence-corrected chi connectivity index (χ2v) is 14.9. The van der Waals surface area contributed by atoms with E-state index >= 15 is 0 Å². The topological polar surface area (TPSA) is 92.7 Å². The van der Waals surface area contributed by atoms with Crippen molar-refractivity contribution < 1.29 is 24.2 Å². The Kier molecular flexibility index (Phi) is 40.6. The van der Waals surface area contributed by atoms with Crippen molar-refractivity contribution in [3.05, 3.63) is 60.8 Å². The van der Waals surface area contributed by atoms with Crippen LogP contribution in [0.2, 0.25) is 0 Å². The molecule has 0 aromatic heterocycles. The Balaban J connectivity index is 4.07. The molecule has 54 heavy (non-hydrogen) atoms. The number of unbranched alkanes of at least 4 members (excludes halogenated alkanes) is 21. The van der Waals surface area contributed by atoms with Gasteiger partial charge in [0.05, 0.1) is 0 Å². The van der Waals surface area contributed by atoms with Crippen LogP contribution in [0.5, 0.6) is 0 Å². The molecular formula is C48H83NO5. The Hall–Kier alpha value is -2.89. The number of allylic oxidation sites excluding steroid dienone is 9. The summed E-state index contributed by atoms with van der Waals surface area (Å²) in [5.74, 6) is -1.41. The lowest BCUT2D eigenvalue weighted by atomic mass is 10.0. The van der Waals surface area contributed by atoms with Gasteiger partial charge in [0.15, 0.2) is 0 Å². The number of carboxylic acids is 1. The molecule has 310 valence electrons. The molecule has 0 radical (unpaired) electrons. The molecule has 0 heterocycles. The lowest BCUT2D eigenvalue weighted by Gasteiger charge is -2.14. The molecule has 0 rings (SSSR count). The number of carbonyl (C=O) groups excluding carboxylic acids is 2. The molecule has 1 unspecified atom stereocenters. The molecule has 0 aliphatic rings. The summed E-state index contributed by atoms with van der Waals surface area (Å²) in [6.07, 6.45) is 56.6. The molecule has 2 N–H and O–H groups in total. The third-order valence-corrected chi connectivity index (χ3v) is 9.66. The SMILES string of the molecule is CC/C=C\C/C=C\C/C=C\C/C=C\C(CCCCCC(=O)NCC(=O)O)OC(=O)CCCCCCCCCCCCC/C=C\CCCCCCCCCC. The lowest BCUT2D eigenvalue weighted by molar-refractivity contribution is -0.147. The smallest absolute Gasteiger partial charge is 0.322 e. The van der Waals surface area contributed by atoms with Crippen LogP contribution in [0.15, 0.2) is 60.8 Å². The second-order valence-electron chi connectivity index (χ2n) is 14.9. The van der Waals surface area contributed by atoms with E-state index < -0.39 is 5.97 Å². The first-order valence-corrected chi connectivity index (χ1v) is 22.4. The molecule has 0 aliphatic heterocycles. The monoisotopic (exact) mass is 754 g/mol. The van der Waals surface area contributed by atoms with Crippen molar-refractivity contribution in [2.45, 2.75) is 219 Å². The van der Waals surface area contributed by atoms with E-state index in [4.69, 9.17) is 9.84 Å².